The van der Waals surface area contributed by atoms with E-state index in [1.165, 1.54) is 0 Å². The van der Waals surface area contributed by atoms with Crippen molar-refractivity contribution < 1.29 is 13.2 Å². The van der Waals surface area contributed by atoms with E-state index in [0.717, 1.165) is 4.68 Å². The van der Waals surface area contributed by atoms with Crippen LogP contribution in [0.15, 0.2) is 29.1 Å². The van der Waals surface area contributed by atoms with Crippen LogP contribution in [0.3, 0.4) is 0 Å². The highest BCUT2D eigenvalue weighted by Crippen LogP contribution is 2.30. The summed E-state index contributed by atoms with van der Waals surface area (Å²) in [4.78, 5) is 11.8. The molecule has 3 rings (SSSR count). The Bertz CT molecular complexity index is 902. The lowest BCUT2D eigenvalue weighted by Crippen LogP contribution is -2.19. The number of alkyl halides is 3. The normalized spacial score (nSPS) is 12.0. The largest absolute Gasteiger partial charge is 0.437 e. The predicted octanol–water partition coefficient (Wildman–Crippen LogP) is 2.24. The minimum Gasteiger partial charge on any atom is -0.265 e. The maximum atomic E-state index is 12.9. The van der Waals surface area contributed by atoms with Gasteiger partial charge in [-0.3, -0.25) is 4.79 Å². The summed E-state index contributed by atoms with van der Waals surface area (Å²) >= 11 is 6.00. The van der Waals surface area contributed by atoms with Gasteiger partial charge >= 0.3 is 6.18 Å². The van der Waals surface area contributed by atoms with E-state index >= 15 is 0 Å². The van der Waals surface area contributed by atoms with Gasteiger partial charge in [-0.15, -0.1) is 5.10 Å². The van der Waals surface area contributed by atoms with E-state index in [1.54, 1.807) is 24.3 Å². The highest BCUT2D eigenvalue weighted by Gasteiger charge is 2.37. The number of rotatable bonds is 2. The van der Waals surface area contributed by atoms with Crippen LogP contribution in [0.4, 0.5) is 13.2 Å². The van der Waals surface area contributed by atoms with Crippen molar-refractivity contribution >= 4 is 22.6 Å². The molecule has 3 aromatic rings. The molecule has 1 N–H and O–H groups in total. The van der Waals surface area contributed by atoms with Crippen LogP contribution in [0.25, 0.3) is 11.0 Å². The van der Waals surface area contributed by atoms with E-state index < -0.39 is 22.9 Å². The molecule has 1 aromatic carbocycles. The summed E-state index contributed by atoms with van der Waals surface area (Å²) < 4.78 is 39.7. The van der Waals surface area contributed by atoms with Crippen LogP contribution in [0.5, 0.6) is 0 Å². The fourth-order valence-electron chi connectivity index (χ4n) is 2.01. The number of H-pyrrole nitrogens is 1. The van der Waals surface area contributed by atoms with E-state index in [4.69, 9.17) is 11.6 Å². The fraction of sp³-hybridized carbons (Fsp3) is 0.167. The first-order valence-electron chi connectivity index (χ1n) is 6.00. The molecule has 2 aromatic heterocycles. The van der Waals surface area contributed by atoms with E-state index in [9.17, 15) is 18.0 Å². The Morgan fingerprint density at radius 3 is 2.68 bits per heavy atom. The zero-order valence-electron chi connectivity index (χ0n) is 10.7. The van der Waals surface area contributed by atoms with Crippen LogP contribution >= 0.6 is 11.6 Å². The third-order valence-electron chi connectivity index (χ3n) is 2.99. The van der Waals surface area contributed by atoms with Crippen molar-refractivity contribution in [2.24, 2.45) is 0 Å². The van der Waals surface area contributed by atoms with Crippen LogP contribution in [0.2, 0.25) is 5.02 Å². The summed E-state index contributed by atoms with van der Waals surface area (Å²) in [5.74, 6) is 0. The van der Waals surface area contributed by atoms with Crippen molar-refractivity contribution in [3.8, 4) is 0 Å². The van der Waals surface area contributed by atoms with Crippen LogP contribution in [0, 0.1) is 0 Å². The maximum Gasteiger partial charge on any atom is 0.437 e. The highest BCUT2D eigenvalue weighted by atomic mass is 35.5. The van der Waals surface area contributed by atoms with Crippen molar-refractivity contribution in [2.45, 2.75) is 12.7 Å². The van der Waals surface area contributed by atoms with Gasteiger partial charge in [0, 0.05) is 5.02 Å². The van der Waals surface area contributed by atoms with Crippen LogP contribution < -0.4 is 5.56 Å². The number of aromatic nitrogens is 5. The molecule has 0 aliphatic carbocycles. The molecule has 0 unspecified atom stereocenters. The molecular weight excluding hydrogens is 323 g/mol. The first kappa shape index (κ1) is 14.5. The summed E-state index contributed by atoms with van der Waals surface area (Å²) in [6.45, 7) is 0.0144. The fourth-order valence-corrected chi connectivity index (χ4v) is 2.20. The van der Waals surface area contributed by atoms with Gasteiger partial charge in [0.25, 0.3) is 5.56 Å². The van der Waals surface area contributed by atoms with Gasteiger partial charge in [-0.05, 0) is 11.6 Å². The third-order valence-corrected chi connectivity index (χ3v) is 3.36. The number of nitrogens with zero attached hydrogens (tertiary/aromatic N) is 4. The molecule has 22 heavy (non-hydrogen) atoms. The second-order valence-electron chi connectivity index (χ2n) is 4.43. The quantitative estimate of drug-likeness (QED) is 0.782. The molecule has 6 nitrogen and oxygen atoms in total. The Balaban J connectivity index is 2.17. The number of halogens is 4. The van der Waals surface area contributed by atoms with Gasteiger partial charge in [-0.1, -0.05) is 35.0 Å². The van der Waals surface area contributed by atoms with E-state index in [2.05, 4.69) is 15.4 Å². The monoisotopic (exact) mass is 329 g/mol. The SMILES string of the molecule is O=c1[nH]nc(C(F)(F)F)c2nnn(Cc3ccccc3Cl)c12. The molecule has 0 saturated heterocycles. The summed E-state index contributed by atoms with van der Waals surface area (Å²) in [5.41, 5.74) is -2.39. The standard InChI is InChI=1S/C12H7ClF3N5O/c13-7-4-2-1-3-6(7)5-21-9-8(17-20-21)10(12(14,15)16)18-19-11(9)22/h1-4H,5H2,(H,19,22). The van der Waals surface area contributed by atoms with Gasteiger partial charge in [0.15, 0.2) is 16.7 Å². The smallest absolute Gasteiger partial charge is 0.265 e. The minimum atomic E-state index is -4.74. The van der Waals surface area contributed by atoms with E-state index in [1.807, 2.05) is 5.10 Å². The van der Waals surface area contributed by atoms with Crippen LogP contribution in [-0.4, -0.2) is 25.2 Å². The summed E-state index contributed by atoms with van der Waals surface area (Å²) in [7, 11) is 0. The van der Waals surface area contributed by atoms with Gasteiger partial charge in [0.1, 0.15) is 0 Å². The van der Waals surface area contributed by atoms with E-state index in [-0.39, 0.29) is 12.1 Å². The van der Waals surface area contributed by atoms with Crippen molar-refractivity contribution in [3.05, 3.63) is 50.9 Å². The molecule has 0 spiro atoms. The molecule has 0 atom stereocenters. The lowest BCUT2D eigenvalue weighted by molar-refractivity contribution is -0.140. The Hall–Kier alpha value is -2.42. The van der Waals surface area contributed by atoms with Gasteiger partial charge in [0.2, 0.25) is 0 Å². The number of hydrogen-bond donors (Lipinski definition) is 1. The average molecular weight is 330 g/mol. The molecule has 0 radical (unpaired) electrons. The molecule has 0 amide bonds. The van der Waals surface area contributed by atoms with Crippen LogP contribution in [-0.2, 0) is 12.7 Å². The Morgan fingerprint density at radius 1 is 1.27 bits per heavy atom. The Morgan fingerprint density at radius 2 is 2.00 bits per heavy atom. The molecule has 0 bridgehead atoms. The zero-order chi connectivity index (χ0) is 15.9. The Kier molecular flexibility index (Phi) is 3.36. The number of nitrogens with one attached hydrogen (secondary N) is 1. The highest BCUT2D eigenvalue weighted by molar-refractivity contribution is 6.31. The summed E-state index contributed by atoms with van der Waals surface area (Å²) in [6.07, 6.45) is -4.74. The van der Waals surface area contributed by atoms with Crippen molar-refractivity contribution in [1.82, 2.24) is 25.2 Å². The third kappa shape index (κ3) is 2.43. The molecular formula is C12H7ClF3N5O. The number of aromatic amines is 1. The van der Waals surface area contributed by atoms with E-state index in [0.29, 0.717) is 10.6 Å². The zero-order valence-corrected chi connectivity index (χ0v) is 11.5. The molecule has 0 saturated carbocycles. The lowest BCUT2D eigenvalue weighted by Gasteiger charge is -2.06. The first-order valence-corrected chi connectivity index (χ1v) is 6.38. The minimum absolute atomic E-state index is 0.0144. The number of hydrogen-bond acceptors (Lipinski definition) is 4. The number of fused-ring (bicyclic) bond motifs is 1. The first-order chi connectivity index (χ1) is 10.4. The van der Waals surface area contributed by atoms with Gasteiger partial charge in [0.05, 0.1) is 6.54 Å². The molecule has 0 fully saturated rings. The molecule has 0 aliphatic rings. The average Bonchev–Trinajstić information content (AvgIpc) is 2.85. The van der Waals surface area contributed by atoms with Gasteiger partial charge in [-0.25, -0.2) is 9.78 Å². The number of benzene rings is 1. The van der Waals surface area contributed by atoms with Gasteiger partial charge in [-0.2, -0.15) is 18.3 Å². The lowest BCUT2D eigenvalue weighted by atomic mass is 10.2. The van der Waals surface area contributed by atoms with Crippen molar-refractivity contribution in [2.75, 3.05) is 0 Å². The molecule has 2 heterocycles. The van der Waals surface area contributed by atoms with Crippen molar-refractivity contribution in [3.63, 3.8) is 0 Å². The summed E-state index contributed by atoms with van der Waals surface area (Å²) in [5, 5.41) is 12.3. The topological polar surface area (TPSA) is 76.5 Å². The molecule has 0 aliphatic heterocycles. The van der Waals surface area contributed by atoms with Crippen molar-refractivity contribution in [1.29, 1.82) is 0 Å². The summed E-state index contributed by atoms with van der Waals surface area (Å²) in [6, 6.07) is 6.73. The maximum absolute atomic E-state index is 12.9. The predicted molar refractivity (Wildman–Crippen MR) is 71.5 cm³/mol. The Labute approximate surface area is 125 Å². The second kappa shape index (κ2) is 5.09. The molecule has 114 valence electrons. The van der Waals surface area contributed by atoms with Crippen LogP contribution in [0.1, 0.15) is 11.3 Å². The second-order valence-corrected chi connectivity index (χ2v) is 4.84. The molecule has 10 heteroatoms. The van der Waals surface area contributed by atoms with Gasteiger partial charge < -0.3 is 0 Å².